The van der Waals surface area contributed by atoms with Gasteiger partial charge < -0.3 is 28.5 Å². The molecule has 0 spiro atoms. The fourth-order valence-electron chi connectivity index (χ4n) is 2.83. The summed E-state index contributed by atoms with van der Waals surface area (Å²) in [5.41, 5.74) is -0.494. The van der Waals surface area contributed by atoms with Gasteiger partial charge in [0.2, 0.25) is 5.75 Å². The van der Waals surface area contributed by atoms with Gasteiger partial charge in [-0.3, -0.25) is 0 Å². The van der Waals surface area contributed by atoms with Crippen molar-refractivity contribution in [1.82, 2.24) is 0 Å². The molecule has 2 heterocycles. The van der Waals surface area contributed by atoms with Crippen molar-refractivity contribution in [3.8, 4) is 17.2 Å². The Balaban J connectivity index is 1.92. The molecule has 136 valence electrons. The van der Waals surface area contributed by atoms with E-state index >= 15 is 0 Å². The molecule has 0 saturated carbocycles. The summed E-state index contributed by atoms with van der Waals surface area (Å²) in [6, 6.07) is 4.93. The maximum absolute atomic E-state index is 12.0. The van der Waals surface area contributed by atoms with Gasteiger partial charge in [-0.1, -0.05) is 13.8 Å². The molecule has 7 nitrogen and oxygen atoms in total. The Labute approximate surface area is 145 Å². The Hall–Kier alpha value is -2.25. The van der Waals surface area contributed by atoms with Crippen molar-refractivity contribution in [2.24, 2.45) is 5.92 Å². The molecule has 1 fully saturated rings. The zero-order chi connectivity index (χ0) is 18.0. The highest BCUT2D eigenvalue weighted by Crippen LogP contribution is 2.34. The molecular formula is C18H22O7. The first kappa shape index (κ1) is 17.6. The van der Waals surface area contributed by atoms with Crippen LogP contribution in [0.25, 0.3) is 11.0 Å². The lowest BCUT2D eigenvalue weighted by Crippen LogP contribution is -2.37. The van der Waals surface area contributed by atoms with Gasteiger partial charge in [0.15, 0.2) is 5.75 Å². The zero-order valence-corrected chi connectivity index (χ0v) is 14.5. The summed E-state index contributed by atoms with van der Waals surface area (Å²) in [7, 11) is 0. The topological polar surface area (TPSA) is 87.4 Å². The van der Waals surface area contributed by atoms with Gasteiger partial charge in [0.1, 0.15) is 30.3 Å². The summed E-state index contributed by atoms with van der Waals surface area (Å²) in [4.78, 5) is 12.0. The van der Waals surface area contributed by atoms with Gasteiger partial charge in [0.25, 0.3) is 0 Å². The van der Waals surface area contributed by atoms with Crippen molar-refractivity contribution in [3.63, 3.8) is 0 Å². The molecule has 25 heavy (non-hydrogen) atoms. The van der Waals surface area contributed by atoms with E-state index in [-0.39, 0.29) is 48.6 Å². The first-order chi connectivity index (χ1) is 12.0. The summed E-state index contributed by atoms with van der Waals surface area (Å²) in [5.74, 6) is 0.310. The van der Waals surface area contributed by atoms with Crippen molar-refractivity contribution in [2.45, 2.75) is 33.0 Å². The molecule has 3 rings (SSSR count). The van der Waals surface area contributed by atoms with E-state index in [2.05, 4.69) is 0 Å². The first-order valence-electron chi connectivity index (χ1n) is 8.30. The van der Waals surface area contributed by atoms with Gasteiger partial charge in [-0.05, 0) is 25.0 Å². The van der Waals surface area contributed by atoms with Gasteiger partial charge in [-0.15, -0.1) is 0 Å². The SMILES string of the molecule is CCOc1c(O)c2ccc(OC(C(C)C)C3COCO3)cc2oc1=O. The minimum Gasteiger partial charge on any atom is -0.504 e. The minimum atomic E-state index is -0.725. The predicted molar refractivity (Wildman–Crippen MR) is 90.3 cm³/mol. The normalized spacial score (nSPS) is 18.6. The second-order valence-corrected chi connectivity index (χ2v) is 6.18. The van der Waals surface area contributed by atoms with E-state index in [1.807, 2.05) is 13.8 Å². The van der Waals surface area contributed by atoms with E-state index in [1.165, 1.54) is 0 Å². The van der Waals surface area contributed by atoms with E-state index in [4.69, 9.17) is 23.4 Å². The lowest BCUT2D eigenvalue weighted by Gasteiger charge is -2.26. The van der Waals surface area contributed by atoms with Crippen LogP contribution in [0.15, 0.2) is 27.4 Å². The van der Waals surface area contributed by atoms with Crippen molar-refractivity contribution >= 4 is 11.0 Å². The van der Waals surface area contributed by atoms with E-state index in [0.717, 1.165) is 0 Å². The number of benzene rings is 1. The van der Waals surface area contributed by atoms with E-state index in [9.17, 15) is 9.90 Å². The van der Waals surface area contributed by atoms with Gasteiger partial charge in [0.05, 0.1) is 18.6 Å². The molecule has 0 bridgehead atoms. The number of hydrogen-bond donors (Lipinski definition) is 1. The van der Waals surface area contributed by atoms with Crippen LogP contribution in [-0.2, 0) is 9.47 Å². The van der Waals surface area contributed by atoms with Crippen molar-refractivity contribution in [1.29, 1.82) is 0 Å². The summed E-state index contributed by atoms with van der Waals surface area (Å²) in [6.45, 7) is 6.79. The highest BCUT2D eigenvalue weighted by Gasteiger charge is 2.31. The third kappa shape index (κ3) is 3.57. The number of hydrogen-bond acceptors (Lipinski definition) is 7. The quantitative estimate of drug-likeness (QED) is 0.801. The smallest absolute Gasteiger partial charge is 0.383 e. The number of ether oxygens (including phenoxy) is 4. The predicted octanol–water partition coefficient (Wildman–Crippen LogP) is 2.67. The average Bonchev–Trinajstić information content (AvgIpc) is 3.10. The van der Waals surface area contributed by atoms with Crippen LogP contribution in [0.3, 0.4) is 0 Å². The van der Waals surface area contributed by atoms with E-state index < -0.39 is 5.63 Å². The largest absolute Gasteiger partial charge is 0.504 e. The molecule has 2 atom stereocenters. The second-order valence-electron chi connectivity index (χ2n) is 6.18. The van der Waals surface area contributed by atoms with Gasteiger partial charge >= 0.3 is 5.63 Å². The van der Waals surface area contributed by atoms with Crippen LogP contribution in [0, 0.1) is 5.92 Å². The third-order valence-electron chi connectivity index (χ3n) is 4.04. The van der Waals surface area contributed by atoms with Crippen molar-refractivity contribution in [3.05, 3.63) is 28.6 Å². The van der Waals surface area contributed by atoms with Crippen LogP contribution < -0.4 is 15.1 Å². The monoisotopic (exact) mass is 350 g/mol. The van der Waals surface area contributed by atoms with Crippen LogP contribution in [0.5, 0.6) is 17.2 Å². The molecular weight excluding hydrogens is 328 g/mol. The number of fused-ring (bicyclic) bond motifs is 1. The van der Waals surface area contributed by atoms with Crippen LogP contribution in [0.4, 0.5) is 0 Å². The van der Waals surface area contributed by atoms with Crippen LogP contribution in [0.2, 0.25) is 0 Å². The van der Waals surface area contributed by atoms with Crippen LogP contribution >= 0.6 is 0 Å². The molecule has 1 aliphatic rings. The zero-order valence-electron chi connectivity index (χ0n) is 14.5. The molecule has 2 unspecified atom stereocenters. The maximum Gasteiger partial charge on any atom is 0.383 e. The summed E-state index contributed by atoms with van der Waals surface area (Å²) >= 11 is 0. The molecule has 1 N–H and O–H groups in total. The van der Waals surface area contributed by atoms with Crippen LogP contribution in [0.1, 0.15) is 20.8 Å². The molecule has 1 aliphatic heterocycles. The van der Waals surface area contributed by atoms with Crippen molar-refractivity contribution in [2.75, 3.05) is 20.0 Å². The van der Waals surface area contributed by atoms with Crippen LogP contribution in [-0.4, -0.2) is 37.3 Å². The second kappa shape index (κ2) is 7.33. The maximum atomic E-state index is 12.0. The molecule has 7 heteroatoms. The van der Waals surface area contributed by atoms with E-state index in [0.29, 0.717) is 17.7 Å². The molecule has 1 saturated heterocycles. The molecule has 0 amide bonds. The standard InChI is InChI=1S/C18H22O7/c1-4-22-17-15(19)12-6-5-11(7-13(12)25-18(17)20)24-16(10(2)3)14-8-21-9-23-14/h5-7,10,14,16,19H,4,8-9H2,1-3H3. The summed E-state index contributed by atoms with van der Waals surface area (Å²) in [5, 5.41) is 10.6. The lowest BCUT2D eigenvalue weighted by molar-refractivity contribution is -0.0159. The highest BCUT2D eigenvalue weighted by atomic mass is 16.7. The van der Waals surface area contributed by atoms with E-state index in [1.54, 1.807) is 25.1 Å². The lowest BCUT2D eigenvalue weighted by atomic mass is 10.0. The Morgan fingerprint density at radius 1 is 1.36 bits per heavy atom. The Morgan fingerprint density at radius 2 is 2.16 bits per heavy atom. The molecule has 0 radical (unpaired) electrons. The Kier molecular flexibility index (Phi) is 5.15. The molecule has 1 aromatic heterocycles. The van der Waals surface area contributed by atoms with Crippen molar-refractivity contribution < 1.29 is 28.5 Å². The van der Waals surface area contributed by atoms with Gasteiger partial charge in [0, 0.05) is 6.07 Å². The van der Waals surface area contributed by atoms with Gasteiger partial charge in [-0.2, -0.15) is 0 Å². The molecule has 0 aliphatic carbocycles. The molecule has 2 aromatic rings. The van der Waals surface area contributed by atoms with Gasteiger partial charge in [-0.25, -0.2) is 4.79 Å². The third-order valence-corrected chi connectivity index (χ3v) is 4.04. The first-order valence-corrected chi connectivity index (χ1v) is 8.30. The Bertz CT molecular complexity index is 790. The summed E-state index contributed by atoms with van der Waals surface area (Å²) in [6.07, 6.45) is -0.362. The fourth-order valence-corrected chi connectivity index (χ4v) is 2.83. The fraction of sp³-hybridized carbons (Fsp3) is 0.500. The molecule has 1 aromatic carbocycles. The minimum absolute atomic E-state index is 0.156. The average molecular weight is 350 g/mol. The number of aromatic hydroxyl groups is 1. The Morgan fingerprint density at radius 3 is 2.80 bits per heavy atom. The summed E-state index contributed by atoms with van der Waals surface area (Å²) < 4.78 is 27.2. The number of rotatable bonds is 6. The highest BCUT2D eigenvalue weighted by molar-refractivity contribution is 5.86.